The van der Waals surface area contributed by atoms with Gasteiger partial charge in [0.1, 0.15) is 0 Å². The molecule has 0 heterocycles. The first kappa shape index (κ1) is 31.1. The van der Waals surface area contributed by atoms with E-state index in [-0.39, 0.29) is 0 Å². The molecule has 182 valence electrons. The van der Waals surface area contributed by atoms with Crippen molar-refractivity contribution in [1.82, 2.24) is 0 Å². The van der Waals surface area contributed by atoms with Crippen LogP contribution >= 0.6 is 33.8 Å². The van der Waals surface area contributed by atoms with E-state index in [1.807, 2.05) is 6.55 Å². The van der Waals surface area contributed by atoms with Gasteiger partial charge in [-0.1, -0.05) is 141 Å². The minimum atomic E-state index is -1.83. The molecule has 0 bridgehead atoms. The van der Waals surface area contributed by atoms with E-state index >= 15 is 0 Å². The Bertz CT molecular complexity index is 318. The second-order valence-electron chi connectivity index (χ2n) is 9.64. The first-order valence-corrected chi connectivity index (χ1v) is 18.8. The van der Waals surface area contributed by atoms with Crippen LogP contribution in [0.5, 0.6) is 0 Å². The Morgan fingerprint density at radius 3 is 0.767 bits per heavy atom. The summed E-state index contributed by atoms with van der Waals surface area (Å²) in [6, 6.07) is 1.06. The van der Waals surface area contributed by atoms with E-state index in [0.717, 1.165) is 11.9 Å². The Kier molecular flexibility index (Phi) is 25.6. The van der Waals surface area contributed by atoms with Gasteiger partial charge < -0.3 is 0 Å². The van der Waals surface area contributed by atoms with Crippen molar-refractivity contribution in [2.45, 2.75) is 160 Å². The maximum Gasteiger partial charge on any atom is 0.248 e. The fourth-order valence-electron chi connectivity index (χ4n) is 4.24. The summed E-state index contributed by atoms with van der Waals surface area (Å²) < 4.78 is 0. The van der Waals surface area contributed by atoms with E-state index in [1.165, 1.54) is 148 Å². The van der Waals surface area contributed by atoms with Crippen LogP contribution in [0.3, 0.4) is 0 Å². The van der Waals surface area contributed by atoms with Gasteiger partial charge in [-0.15, -0.1) is 33.8 Å². The maximum atomic E-state index is 6.14. The largest absolute Gasteiger partial charge is 0.248 e. The summed E-state index contributed by atoms with van der Waals surface area (Å²) in [5, 5.41) is 0. The van der Waals surface area contributed by atoms with Crippen LogP contribution in [0.15, 0.2) is 0 Å². The van der Waals surface area contributed by atoms with Crippen LogP contribution in [0.4, 0.5) is 0 Å². The second kappa shape index (κ2) is 24.7. The van der Waals surface area contributed by atoms with E-state index in [4.69, 9.17) is 33.8 Å². The Labute approximate surface area is 206 Å². The molecule has 30 heavy (non-hydrogen) atoms. The molecule has 4 heteroatoms. The van der Waals surface area contributed by atoms with E-state index in [1.54, 1.807) is 0 Å². The average Bonchev–Trinajstić information content (AvgIpc) is 2.70. The van der Waals surface area contributed by atoms with Gasteiger partial charge in [0.2, 0.25) is 6.69 Å². The van der Waals surface area contributed by atoms with Crippen molar-refractivity contribution in [3.8, 4) is 0 Å². The highest BCUT2D eigenvalue weighted by Gasteiger charge is 2.19. The monoisotopic (exact) mass is 498 g/mol. The molecule has 0 atom stereocenters. The van der Waals surface area contributed by atoms with Crippen LogP contribution in [0, 0.1) is 0 Å². The van der Waals surface area contributed by atoms with Crippen LogP contribution in [-0.4, -0.2) is 12.6 Å². The van der Waals surface area contributed by atoms with Crippen molar-refractivity contribution in [3.05, 3.63) is 0 Å². The molecule has 0 spiro atoms. The lowest BCUT2D eigenvalue weighted by atomic mass is 10.0. The topological polar surface area (TPSA) is 0 Å². The molecule has 0 aromatic rings. The molecule has 0 radical (unpaired) electrons. The molecule has 0 unspecified atom stereocenters. The van der Waals surface area contributed by atoms with Crippen molar-refractivity contribution in [2.24, 2.45) is 0 Å². The van der Waals surface area contributed by atoms with Gasteiger partial charge in [-0.05, 0) is 19.0 Å². The molecule has 0 amide bonds. The fraction of sp³-hybridized carbons (Fsp3) is 1.00. The number of hydrogen-bond acceptors (Lipinski definition) is 0. The Morgan fingerprint density at radius 1 is 0.367 bits per heavy atom. The van der Waals surface area contributed by atoms with Gasteiger partial charge in [0.05, 0.1) is 0 Å². The summed E-state index contributed by atoms with van der Waals surface area (Å²) in [4.78, 5) is 0. The number of unbranched alkanes of at least 4 members (excludes halogenated alkanes) is 22. The van der Waals surface area contributed by atoms with Crippen LogP contribution in [0.25, 0.3) is 0 Å². The van der Waals surface area contributed by atoms with Gasteiger partial charge in [0, 0.05) is 5.88 Å². The standard InChI is InChI=1S/C26H53Cl3Si/c1-30(28,29)26-24-22-20-18-16-14-12-10-8-6-4-2-3-5-7-9-11-13-15-17-19-21-23-25-27/h2-26H2,1H3. The van der Waals surface area contributed by atoms with E-state index in [2.05, 4.69) is 0 Å². The molecule has 0 rings (SSSR count). The minimum Gasteiger partial charge on any atom is -0.146 e. The molecule has 0 N–H and O–H groups in total. The van der Waals surface area contributed by atoms with E-state index in [0.29, 0.717) is 0 Å². The number of rotatable bonds is 25. The Hall–Kier alpha value is 1.09. The van der Waals surface area contributed by atoms with Crippen LogP contribution < -0.4 is 0 Å². The van der Waals surface area contributed by atoms with Gasteiger partial charge in [-0.25, -0.2) is 0 Å². The zero-order valence-electron chi connectivity index (χ0n) is 20.3. The third-order valence-corrected chi connectivity index (χ3v) is 8.88. The van der Waals surface area contributed by atoms with Crippen LogP contribution in [0.2, 0.25) is 12.6 Å². The van der Waals surface area contributed by atoms with Crippen molar-refractivity contribution in [1.29, 1.82) is 0 Å². The van der Waals surface area contributed by atoms with Crippen molar-refractivity contribution in [2.75, 3.05) is 5.88 Å². The number of hydrogen-bond donors (Lipinski definition) is 0. The summed E-state index contributed by atoms with van der Waals surface area (Å²) in [6.45, 7) is 0.200. The lowest BCUT2D eigenvalue weighted by molar-refractivity contribution is 0.519. The maximum absolute atomic E-state index is 6.14. The molecule has 0 fully saturated rings. The number of alkyl halides is 1. The summed E-state index contributed by atoms with van der Waals surface area (Å²) in [7, 11) is 0. The SMILES string of the molecule is C[Si](Cl)(Cl)CCCCCCCCCCCCCCCCCCCCCCCCCCl. The van der Waals surface area contributed by atoms with Crippen molar-refractivity contribution in [3.63, 3.8) is 0 Å². The Balaban J connectivity index is 3.02. The van der Waals surface area contributed by atoms with Gasteiger partial charge in [0.15, 0.2) is 0 Å². The smallest absolute Gasteiger partial charge is 0.146 e. The van der Waals surface area contributed by atoms with Gasteiger partial charge in [0.25, 0.3) is 0 Å². The highest BCUT2D eigenvalue weighted by Crippen LogP contribution is 2.23. The minimum absolute atomic E-state index is 0.841. The summed E-state index contributed by atoms with van der Waals surface area (Å²) in [5.74, 6) is 0.841. The Morgan fingerprint density at radius 2 is 0.567 bits per heavy atom. The van der Waals surface area contributed by atoms with Crippen molar-refractivity contribution < 1.29 is 0 Å². The van der Waals surface area contributed by atoms with E-state index in [9.17, 15) is 0 Å². The number of halogens is 3. The second-order valence-corrected chi connectivity index (χ2v) is 18.2. The summed E-state index contributed by atoms with van der Waals surface area (Å²) in [6.07, 6.45) is 32.4. The first-order chi connectivity index (χ1) is 14.6. The lowest BCUT2D eigenvalue weighted by Crippen LogP contribution is -2.11. The molecule has 0 aliphatic rings. The summed E-state index contributed by atoms with van der Waals surface area (Å²) >= 11 is 18.0. The highest BCUT2D eigenvalue weighted by molar-refractivity contribution is 7.44. The van der Waals surface area contributed by atoms with Crippen LogP contribution in [0.1, 0.15) is 148 Å². The third kappa shape index (κ3) is 29.1. The zero-order valence-corrected chi connectivity index (χ0v) is 23.6. The van der Waals surface area contributed by atoms with Gasteiger partial charge in [-0.2, -0.15) is 0 Å². The lowest BCUT2D eigenvalue weighted by Gasteiger charge is -2.09. The molecule has 0 saturated heterocycles. The molecule has 0 saturated carbocycles. The summed E-state index contributed by atoms with van der Waals surface area (Å²) in [5.41, 5.74) is 0. The molecule has 0 nitrogen and oxygen atoms in total. The van der Waals surface area contributed by atoms with E-state index < -0.39 is 6.69 Å². The fourth-order valence-corrected chi connectivity index (χ4v) is 6.10. The molecule has 0 aromatic heterocycles. The molecular formula is C26H53Cl3Si. The predicted octanol–water partition coefficient (Wildman–Crippen LogP) is 11.7. The third-order valence-electron chi connectivity index (χ3n) is 6.25. The molecular weight excluding hydrogens is 447 g/mol. The van der Waals surface area contributed by atoms with Crippen molar-refractivity contribution >= 4 is 40.5 Å². The normalized spacial score (nSPS) is 12.0. The predicted molar refractivity (Wildman–Crippen MR) is 145 cm³/mol. The quantitative estimate of drug-likeness (QED) is 0.0506. The van der Waals surface area contributed by atoms with Gasteiger partial charge >= 0.3 is 0 Å². The first-order valence-electron chi connectivity index (χ1n) is 13.5. The average molecular weight is 500 g/mol. The van der Waals surface area contributed by atoms with Gasteiger partial charge in [-0.3, -0.25) is 0 Å². The zero-order chi connectivity index (χ0) is 22.2. The van der Waals surface area contributed by atoms with Crippen LogP contribution in [-0.2, 0) is 0 Å². The molecule has 0 aliphatic heterocycles. The molecule has 0 aromatic carbocycles. The highest BCUT2D eigenvalue weighted by atomic mass is 35.7. The molecule has 0 aliphatic carbocycles.